The summed E-state index contributed by atoms with van der Waals surface area (Å²) in [7, 11) is 0. The summed E-state index contributed by atoms with van der Waals surface area (Å²) in [5.74, 6) is 1.01. The van der Waals surface area contributed by atoms with Gasteiger partial charge in [0, 0.05) is 27.5 Å². The van der Waals surface area contributed by atoms with Gasteiger partial charge in [0.05, 0.1) is 6.61 Å². The van der Waals surface area contributed by atoms with Crippen LogP contribution < -0.4 is 4.74 Å². The van der Waals surface area contributed by atoms with Crippen molar-refractivity contribution in [1.29, 1.82) is 0 Å². The molecule has 0 saturated heterocycles. The molecule has 3 heteroatoms. The second-order valence-electron chi connectivity index (χ2n) is 5.68. The summed E-state index contributed by atoms with van der Waals surface area (Å²) in [5, 5.41) is 3.93. The van der Waals surface area contributed by atoms with Crippen LogP contribution in [0.4, 0.5) is 0 Å². The molecule has 98 valence electrons. The van der Waals surface area contributed by atoms with Crippen LogP contribution in [0.3, 0.4) is 0 Å². The van der Waals surface area contributed by atoms with Gasteiger partial charge in [-0.1, -0.05) is 13.8 Å². The number of hydrogen-bond acceptors (Lipinski definition) is 3. The van der Waals surface area contributed by atoms with Gasteiger partial charge in [-0.3, -0.25) is 4.79 Å². The quantitative estimate of drug-likeness (QED) is 0.774. The zero-order chi connectivity index (χ0) is 13.6. The first-order valence-electron chi connectivity index (χ1n) is 6.34. The van der Waals surface area contributed by atoms with Crippen molar-refractivity contribution < 1.29 is 9.53 Å². The molecule has 1 aromatic carbocycles. The Hall–Kier alpha value is -1.61. The third-order valence-corrected chi connectivity index (χ3v) is 4.52. The molecule has 0 bridgehead atoms. The molecule has 0 fully saturated rings. The van der Waals surface area contributed by atoms with E-state index in [4.69, 9.17) is 4.74 Å². The molecule has 1 aromatic heterocycles. The molecular weight excluding hydrogens is 256 g/mol. The van der Waals surface area contributed by atoms with Crippen molar-refractivity contribution in [1.82, 2.24) is 0 Å². The summed E-state index contributed by atoms with van der Waals surface area (Å²) >= 11 is 1.57. The molecule has 19 heavy (non-hydrogen) atoms. The van der Waals surface area contributed by atoms with E-state index >= 15 is 0 Å². The first-order valence-corrected chi connectivity index (χ1v) is 7.28. The topological polar surface area (TPSA) is 26.3 Å². The first-order chi connectivity index (χ1) is 8.99. The smallest absolute Gasteiger partial charge is 0.194 e. The van der Waals surface area contributed by atoms with Gasteiger partial charge in [-0.15, -0.1) is 0 Å². The van der Waals surface area contributed by atoms with Crippen LogP contribution in [0.25, 0.3) is 0 Å². The van der Waals surface area contributed by atoms with Gasteiger partial charge < -0.3 is 4.74 Å². The van der Waals surface area contributed by atoms with Crippen molar-refractivity contribution in [2.45, 2.75) is 26.2 Å². The number of rotatable bonds is 2. The fraction of sp³-hybridized carbons (Fsp3) is 0.312. The van der Waals surface area contributed by atoms with Gasteiger partial charge in [-0.05, 0) is 36.1 Å². The Bertz CT molecular complexity index is 653. The van der Waals surface area contributed by atoms with E-state index < -0.39 is 0 Å². The largest absolute Gasteiger partial charge is 0.492 e. The average Bonchev–Trinajstić information content (AvgIpc) is 2.93. The van der Waals surface area contributed by atoms with E-state index in [1.807, 2.05) is 35.9 Å². The van der Waals surface area contributed by atoms with E-state index in [1.165, 1.54) is 0 Å². The molecule has 2 nitrogen and oxygen atoms in total. The van der Waals surface area contributed by atoms with Crippen LogP contribution in [0.15, 0.2) is 29.0 Å². The standard InChI is InChI=1S/C16H16O2S/c1-10-7-19-8-12(10)15(17)11-4-5-14-13(6-11)16(2,3)9-18-14/h4-8H,9H2,1-3H3. The second-order valence-corrected chi connectivity index (χ2v) is 6.42. The average molecular weight is 272 g/mol. The lowest BCUT2D eigenvalue weighted by atomic mass is 9.85. The van der Waals surface area contributed by atoms with Gasteiger partial charge in [0.2, 0.25) is 0 Å². The number of ketones is 1. The minimum atomic E-state index is -0.0185. The van der Waals surface area contributed by atoms with E-state index in [9.17, 15) is 4.79 Å². The van der Waals surface area contributed by atoms with Crippen LogP contribution in [0.1, 0.15) is 40.9 Å². The molecule has 0 aliphatic carbocycles. The number of fused-ring (bicyclic) bond motifs is 1. The lowest BCUT2D eigenvalue weighted by molar-refractivity contribution is 0.103. The summed E-state index contributed by atoms with van der Waals surface area (Å²) in [5.41, 5.74) is 3.72. The highest BCUT2D eigenvalue weighted by molar-refractivity contribution is 7.08. The Morgan fingerprint density at radius 1 is 1.32 bits per heavy atom. The predicted octanol–water partition coefficient (Wildman–Crippen LogP) is 3.96. The van der Waals surface area contributed by atoms with E-state index in [-0.39, 0.29) is 11.2 Å². The molecule has 2 aromatic rings. The molecule has 0 atom stereocenters. The Labute approximate surface area is 117 Å². The highest BCUT2D eigenvalue weighted by Gasteiger charge is 2.32. The minimum absolute atomic E-state index is 0.0185. The molecule has 1 aliphatic rings. The third-order valence-electron chi connectivity index (χ3n) is 3.66. The molecule has 0 N–H and O–H groups in total. The van der Waals surface area contributed by atoms with Crippen molar-refractivity contribution in [3.8, 4) is 5.75 Å². The van der Waals surface area contributed by atoms with Crippen LogP contribution in [0, 0.1) is 6.92 Å². The summed E-state index contributed by atoms with van der Waals surface area (Å²) in [6.45, 7) is 6.94. The van der Waals surface area contributed by atoms with Crippen molar-refractivity contribution in [3.05, 3.63) is 51.2 Å². The van der Waals surface area contributed by atoms with E-state index in [1.54, 1.807) is 11.3 Å². The molecule has 0 spiro atoms. The van der Waals surface area contributed by atoms with Crippen LogP contribution in [-0.2, 0) is 5.41 Å². The van der Waals surface area contributed by atoms with Crippen LogP contribution in [0.2, 0.25) is 0 Å². The van der Waals surface area contributed by atoms with Crippen LogP contribution in [-0.4, -0.2) is 12.4 Å². The molecule has 1 aliphatic heterocycles. The molecule has 0 amide bonds. The molecule has 3 rings (SSSR count). The predicted molar refractivity (Wildman–Crippen MR) is 77.5 cm³/mol. The van der Waals surface area contributed by atoms with Crippen LogP contribution >= 0.6 is 11.3 Å². The van der Waals surface area contributed by atoms with Crippen molar-refractivity contribution >= 4 is 17.1 Å². The highest BCUT2D eigenvalue weighted by atomic mass is 32.1. The summed E-state index contributed by atoms with van der Waals surface area (Å²) in [4.78, 5) is 12.5. The minimum Gasteiger partial charge on any atom is -0.492 e. The maximum atomic E-state index is 12.5. The Kier molecular flexibility index (Phi) is 2.75. The van der Waals surface area contributed by atoms with E-state index in [2.05, 4.69) is 13.8 Å². The highest BCUT2D eigenvalue weighted by Crippen LogP contribution is 2.39. The molecule has 0 unspecified atom stereocenters. The number of aryl methyl sites for hydroxylation is 1. The summed E-state index contributed by atoms with van der Waals surface area (Å²) in [6, 6.07) is 5.76. The van der Waals surface area contributed by atoms with Crippen molar-refractivity contribution in [3.63, 3.8) is 0 Å². The molecule has 0 saturated carbocycles. The van der Waals surface area contributed by atoms with Gasteiger partial charge in [0.1, 0.15) is 5.75 Å². The molecule has 2 heterocycles. The number of benzene rings is 1. The zero-order valence-electron chi connectivity index (χ0n) is 11.3. The van der Waals surface area contributed by atoms with Gasteiger partial charge in [-0.25, -0.2) is 0 Å². The van der Waals surface area contributed by atoms with E-state index in [0.29, 0.717) is 6.61 Å². The van der Waals surface area contributed by atoms with E-state index in [0.717, 1.165) is 28.0 Å². The number of thiophene rings is 1. The Balaban J connectivity index is 2.04. The van der Waals surface area contributed by atoms with Crippen LogP contribution in [0.5, 0.6) is 5.75 Å². The lowest BCUT2D eigenvalue weighted by Gasteiger charge is -2.15. The third kappa shape index (κ3) is 1.98. The first kappa shape index (κ1) is 12.4. The summed E-state index contributed by atoms with van der Waals surface area (Å²) in [6.07, 6.45) is 0. The normalized spacial score (nSPS) is 15.9. The molecule has 0 radical (unpaired) electrons. The molecular formula is C16H16O2S. The SMILES string of the molecule is Cc1cscc1C(=O)c1ccc2c(c1)C(C)(C)CO2. The fourth-order valence-corrected chi connectivity index (χ4v) is 3.24. The maximum Gasteiger partial charge on any atom is 0.194 e. The number of ether oxygens (including phenoxy) is 1. The maximum absolute atomic E-state index is 12.5. The number of carbonyl (C=O) groups excluding carboxylic acids is 1. The van der Waals surface area contributed by atoms with Gasteiger partial charge in [-0.2, -0.15) is 11.3 Å². The van der Waals surface area contributed by atoms with Crippen molar-refractivity contribution in [2.75, 3.05) is 6.61 Å². The fourth-order valence-electron chi connectivity index (χ4n) is 2.41. The lowest BCUT2D eigenvalue weighted by Crippen LogP contribution is -2.18. The van der Waals surface area contributed by atoms with Gasteiger partial charge >= 0.3 is 0 Å². The Morgan fingerprint density at radius 2 is 2.11 bits per heavy atom. The van der Waals surface area contributed by atoms with Gasteiger partial charge in [0.15, 0.2) is 5.78 Å². The number of hydrogen-bond donors (Lipinski definition) is 0. The summed E-state index contributed by atoms with van der Waals surface area (Å²) < 4.78 is 5.65. The Morgan fingerprint density at radius 3 is 2.79 bits per heavy atom. The van der Waals surface area contributed by atoms with Crippen molar-refractivity contribution in [2.24, 2.45) is 0 Å². The monoisotopic (exact) mass is 272 g/mol. The second kappa shape index (κ2) is 4.20. The zero-order valence-corrected chi connectivity index (χ0v) is 12.1. The number of carbonyl (C=O) groups is 1. The van der Waals surface area contributed by atoms with Gasteiger partial charge in [0.25, 0.3) is 0 Å².